The number of para-hydroxylation sites is 2. The lowest BCUT2D eigenvalue weighted by molar-refractivity contribution is -0.113. The first-order valence-electron chi connectivity index (χ1n) is 10.4. The van der Waals surface area contributed by atoms with Crippen LogP contribution in [0.1, 0.15) is 31.8 Å². The molecule has 7 heteroatoms. The number of allylic oxidation sites excluding steroid dienone is 1. The normalized spacial score (nSPS) is 12.4. The molecule has 0 atom stereocenters. The highest BCUT2D eigenvalue weighted by Crippen LogP contribution is 2.29. The summed E-state index contributed by atoms with van der Waals surface area (Å²) in [6.45, 7) is 4.40. The summed E-state index contributed by atoms with van der Waals surface area (Å²) in [5.74, 6) is -0.488. The minimum absolute atomic E-state index is 0.146. The fraction of sp³-hybridized carbons (Fsp3) is 0.0769. The van der Waals surface area contributed by atoms with E-state index in [1.165, 1.54) is 11.8 Å². The molecule has 1 N–H and O–H groups in total. The number of fused-ring (bicyclic) bond motifs is 3. The highest BCUT2D eigenvalue weighted by atomic mass is 32.2. The number of hydrogen-bond acceptors (Lipinski definition) is 5. The van der Waals surface area contributed by atoms with Crippen molar-refractivity contribution in [2.45, 2.75) is 11.7 Å². The summed E-state index contributed by atoms with van der Waals surface area (Å²) in [6, 6.07) is 19.4. The van der Waals surface area contributed by atoms with Crippen LogP contribution in [-0.4, -0.2) is 32.8 Å². The highest BCUT2D eigenvalue weighted by molar-refractivity contribution is 7.99. The van der Waals surface area contributed by atoms with Gasteiger partial charge in [-0.1, -0.05) is 54.2 Å². The predicted molar refractivity (Wildman–Crippen MR) is 129 cm³/mol. The van der Waals surface area contributed by atoms with Crippen LogP contribution in [0.5, 0.6) is 0 Å². The maximum Gasteiger partial charge on any atom is 0.234 e. The Labute approximate surface area is 194 Å². The number of ketones is 2. The van der Waals surface area contributed by atoms with Crippen LogP contribution >= 0.6 is 11.8 Å². The number of hydrogen-bond donors (Lipinski definition) is 1. The van der Waals surface area contributed by atoms with Gasteiger partial charge in [-0.2, -0.15) is 0 Å². The smallest absolute Gasteiger partial charge is 0.234 e. The molecule has 0 radical (unpaired) electrons. The number of carbonyl (C=O) groups is 3. The summed E-state index contributed by atoms with van der Waals surface area (Å²) in [6.07, 6.45) is 1.79. The van der Waals surface area contributed by atoms with Crippen molar-refractivity contribution in [2.24, 2.45) is 0 Å². The van der Waals surface area contributed by atoms with E-state index in [4.69, 9.17) is 0 Å². The zero-order valence-corrected chi connectivity index (χ0v) is 18.4. The third-order valence-electron chi connectivity index (χ3n) is 5.47. The maximum atomic E-state index is 12.9. The zero-order valence-electron chi connectivity index (χ0n) is 17.6. The van der Waals surface area contributed by atoms with Gasteiger partial charge in [-0.25, -0.2) is 4.98 Å². The third-order valence-corrected chi connectivity index (χ3v) is 6.45. The van der Waals surface area contributed by atoms with Crippen molar-refractivity contribution in [3.05, 3.63) is 102 Å². The lowest BCUT2D eigenvalue weighted by atomic mass is 9.84. The average Bonchev–Trinajstić information content (AvgIpc) is 3.19. The molecule has 0 bridgehead atoms. The van der Waals surface area contributed by atoms with Gasteiger partial charge in [-0.3, -0.25) is 14.4 Å². The number of imidazole rings is 1. The Morgan fingerprint density at radius 3 is 2.36 bits per heavy atom. The minimum atomic E-state index is -0.229. The number of aromatic nitrogens is 2. The van der Waals surface area contributed by atoms with Crippen LogP contribution < -0.4 is 5.32 Å². The van der Waals surface area contributed by atoms with Crippen LogP contribution in [0.25, 0.3) is 11.0 Å². The van der Waals surface area contributed by atoms with Crippen molar-refractivity contribution in [3.8, 4) is 0 Å². The van der Waals surface area contributed by atoms with Gasteiger partial charge < -0.3 is 9.88 Å². The molecule has 4 aromatic rings. The molecule has 0 unspecified atom stereocenters. The molecule has 3 aromatic carbocycles. The first kappa shape index (κ1) is 20.9. The van der Waals surface area contributed by atoms with Crippen molar-refractivity contribution >= 4 is 46.0 Å². The first-order chi connectivity index (χ1) is 16.1. The number of carbonyl (C=O) groups excluding carboxylic acids is 3. The van der Waals surface area contributed by atoms with Crippen LogP contribution in [0.2, 0.25) is 0 Å². The van der Waals surface area contributed by atoms with E-state index in [1.807, 2.05) is 28.8 Å². The number of nitrogens with zero attached hydrogens (tertiary/aromatic N) is 2. The van der Waals surface area contributed by atoms with E-state index < -0.39 is 0 Å². The Balaban J connectivity index is 1.33. The monoisotopic (exact) mass is 453 g/mol. The molecular formula is C26H19N3O3S. The SMILES string of the molecule is C=CCn1c(SCC(=O)Nc2ccc3c(c2)C(=O)c2ccccc2C3=O)nc2ccccc21. The number of thioether (sulfide) groups is 1. The largest absolute Gasteiger partial charge is 0.325 e. The molecule has 6 nitrogen and oxygen atoms in total. The summed E-state index contributed by atoms with van der Waals surface area (Å²) in [5, 5.41) is 3.56. The van der Waals surface area contributed by atoms with Crippen molar-refractivity contribution in [1.29, 1.82) is 0 Å². The molecule has 0 saturated carbocycles. The predicted octanol–water partition coefficient (Wildman–Crippen LogP) is 4.73. The lowest BCUT2D eigenvalue weighted by Crippen LogP contribution is -2.21. The van der Waals surface area contributed by atoms with Gasteiger partial charge in [0.1, 0.15) is 0 Å². The second-order valence-electron chi connectivity index (χ2n) is 7.58. The second kappa shape index (κ2) is 8.52. The Morgan fingerprint density at radius 2 is 1.61 bits per heavy atom. The van der Waals surface area contributed by atoms with Gasteiger partial charge in [0.25, 0.3) is 0 Å². The molecule has 0 aliphatic heterocycles. The van der Waals surface area contributed by atoms with Crippen LogP contribution in [0, 0.1) is 0 Å². The number of amides is 1. The molecule has 33 heavy (non-hydrogen) atoms. The van der Waals surface area contributed by atoms with Crippen molar-refractivity contribution in [2.75, 3.05) is 11.1 Å². The standard InChI is InChI=1S/C26H19N3O3S/c1-2-13-29-22-10-6-5-9-21(22)28-26(29)33-15-23(30)27-16-11-12-19-20(14-16)25(32)18-8-4-3-7-17(18)24(19)31/h2-12,14H,1,13,15H2,(H,27,30). The summed E-state index contributed by atoms with van der Waals surface area (Å²) >= 11 is 1.33. The summed E-state index contributed by atoms with van der Waals surface area (Å²) in [5.41, 5.74) is 3.76. The fourth-order valence-corrected chi connectivity index (χ4v) is 4.80. The van der Waals surface area contributed by atoms with Crippen LogP contribution in [0.4, 0.5) is 5.69 Å². The van der Waals surface area contributed by atoms with Gasteiger partial charge in [0.2, 0.25) is 5.91 Å². The van der Waals surface area contributed by atoms with E-state index in [1.54, 1.807) is 48.5 Å². The van der Waals surface area contributed by atoms with E-state index in [2.05, 4.69) is 16.9 Å². The molecule has 0 saturated heterocycles. The van der Waals surface area contributed by atoms with Crippen LogP contribution in [0.3, 0.4) is 0 Å². The van der Waals surface area contributed by atoms with Gasteiger partial charge in [0.15, 0.2) is 16.7 Å². The van der Waals surface area contributed by atoms with Crippen molar-refractivity contribution < 1.29 is 14.4 Å². The van der Waals surface area contributed by atoms with E-state index in [9.17, 15) is 14.4 Å². The van der Waals surface area contributed by atoms with Gasteiger partial charge in [-0.15, -0.1) is 6.58 Å². The highest BCUT2D eigenvalue weighted by Gasteiger charge is 2.29. The van der Waals surface area contributed by atoms with Crippen LogP contribution in [0.15, 0.2) is 84.5 Å². The van der Waals surface area contributed by atoms with E-state index >= 15 is 0 Å². The summed E-state index contributed by atoms with van der Waals surface area (Å²) < 4.78 is 2.01. The topological polar surface area (TPSA) is 81.1 Å². The Kier molecular flexibility index (Phi) is 5.40. The Bertz CT molecular complexity index is 1450. The molecule has 5 rings (SSSR count). The average molecular weight is 454 g/mol. The fourth-order valence-electron chi connectivity index (χ4n) is 3.97. The molecule has 1 heterocycles. The van der Waals surface area contributed by atoms with Crippen molar-refractivity contribution in [3.63, 3.8) is 0 Å². The first-order valence-corrected chi connectivity index (χ1v) is 11.4. The van der Waals surface area contributed by atoms with Gasteiger partial charge in [0, 0.05) is 34.5 Å². The van der Waals surface area contributed by atoms with E-state index in [-0.39, 0.29) is 23.2 Å². The number of nitrogens with one attached hydrogen (secondary N) is 1. The minimum Gasteiger partial charge on any atom is -0.325 e. The van der Waals surface area contributed by atoms with Crippen molar-refractivity contribution in [1.82, 2.24) is 9.55 Å². The molecule has 1 aromatic heterocycles. The molecule has 1 amide bonds. The molecular weight excluding hydrogens is 434 g/mol. The number of rotatable bonds is 6. The van der Waals surface area contributed by atoms with Crippen LogP contribution in [-0.2, 0) is 11.3 Å². The Hall–Kier alpha value is -3.97. The second-order valence-corrected chi connectivity index (χ2v) is 8.53. The Morgan fingerprint density at radius 1 is 0.939 bits per heavy atom. The summed E-state index contributed by atoms with van der Waals surface area (Å²) in [4.78, 5) is 42.9. The number of anilines is 1. The molecule has 1 aliphatic rings. The van der Waals surface area contributed by atoms with Gasteiger partial charge >= 0.3 is 0 Å². The molecule has 1 aliphatic carbocycles. The van der Waals surface area contributed by atoms with Gasteiger partial charge in [0.05, 0.1) is 16.8 Å². The molecule has 0 fully saturated rings. The zero-order chi connectivity index (χ0) is 22.9. The summed E-state index contributed by atoms with van der Waals surface area (Å²) in [7, 11) is 0. The number of benzene rings is 3. The lowest BCUT2D eigenvalue weighted by Gasteiger charge is -2.18. The molecule has 0 spiro atoms. The third kappa shape index (κ3) is 3.76. The van der Waals surface area contributed by atoms with E-state index in [0.717, 1.165) is 16.2 Å². The quantitative estimate of drug-likeness (QED) is 0.297. The molecule has 162 valence electrons. The maximum absolute atomic E-state index is 12.9. The van der Waals surface area contributed by atoms with Gasteiger partial charge in [-0.05, 0) is 30.3 Å². The van der Waals surface area contributed by atoms with E-state index in [0.29, 0.717) is 34.5 Å².